The van der Waals surface area contributed by atoms with Gasteiger partial charge in [-0.3, -0.25) is 9.59 Å². The third-order valence-electron chi connectivity index (χ3n) is 5.94. The van der Waals surface area contributed by atoms with Gasteiger partial charge in [0.05, 0.1) is 6.42 Å². The van der Waals surface area contributed by atoms with Gasteiger partial charge in [0, 0.05) is 12.0 Å². The molecule has 2 aromatic carbocycles. The molecule has 0 radical (unpaired) electrons. The number of amides is 2. The van der Waals surface area contributed by atoms with Crippen LogP contribution in [0.4, 0.5) is 18.0 Å². The Morgan fingerprint density at radius 1 is 0.943 bits per heavy atom. The van der Waals surface area contributed by atoms with E-state index in [0.717, 1.165) is 22.3 Å². The molecule has 3 rings (SSSR count). The van der Waals surface area contributed by atoms with Gasteiger partial charge in [0.25, 0.3) is 5.91 Å². The smallest absolute Gasteiger partial charge is 0.417 e. The molecule has 0 bridgehead atoms. The summed E-state index contributed by atoms with van der Waals surface area (Å²) < 4.78 is 46.0. The fraction of sp³-hybridized carbons (Fsp3) is 0.400. The zero-order valence-electron chi connectivity index (χ0n) is 19.5. The zero-order valence-corrected chi connectivity index (χ0v) is 19.5. The Balaban J connectivity index is 1.71. The van der Waals surface area contributed by atoms with Gasteiger partial charge in [-0.25, -0.2) is 4.79 Å². The first-order chi connectivity index (χ1) is 16.3. The Morgan fingerprint density at radius 2 is 1.46 bits per heavy atom. The van der Waals surface area contributed by atoms with Crippen molar-refractivity contribution in [1.82, 2.24) is 10.6 Å². The van der Waals surface area contributed by atoms with E-state index in [-0.39, 0.29) is 12.5 Å². The summed E-state index contributed by atoms with van der Waals surface area (Å²) in [6.45, 7) is 4.53. The maximum atomic E-state index is 13.6. The van der Waals surface area contributed by atoms with Crippen LogP contribution in [0.5, 0.6) is 0 Å². The number of alkyl halides is 3. The Morgan fingerprint density at radius 3 is 1.91 bits per heavy atom. The number of rotatable bonds is 7. The van der Waals surface area contributed by atoms with Gasteiger partial charge in [0.15, 0.2) is 0 Å². The monoisotopic (exact) mass is 492 g/mol. The van der Waals surface area contributed by atoms with Gasteiger partial charge in [-0.2, -0.15) is 13.2 Å². The van der Waals surface area contributed by atoms with Crippen molar-refractivity contribution >= 4 is 18.0 Å². The number of benzene rings is 2. The second-order valence-electron chi connectivity index (χ2n) is 9.47. The van der Waals surface area contributed by atoms with Crippen LogP contribution in [-0.4, -0.2) is 47.9 Å². The third-order valence-corrected chi connectivity index (χ3v) is 5.94. The first-order valence-corrected chi connectivity index (χ1v) is 11.0. The van der Waals surface area contributed by atoms with Crippen LogP contribution in [0.1, 0.15) is 44.2 Å². The van der Waals surface area contributed by atoms with Crippen molar-refractivity contribution in [3.8, 4) is 11.1 Å². The fourth-order valence-electron chi connectivity index (χ4n) is 4.06. The summed E-state index contributed by atoms with van der Waals surface area (Å²) >= 11 is 0. The summed E-state index contributed by atoms with van der Waals surface area (Å²) in [6.07, 6.45) is -7.11. The van der Waals surface area contributed by atoms with Crippen molar-refractivity contribution in [2.75, 3.05) is 6.61 Å². The number of alkyl carbamates (subject to hydrolysis) is 1. The van der Waals surface area contributed by atoms with Gasteiger partial charge in [-0.05, 0) is 27.7 Å². The van der Waals surface area contributed by atoms with E-state index in [2.05, 4.69) is 5.32 Å². The first kappa shape index (κ1) is 26.1. The molecular formula is C25H27F3N2O5. The minimum atomic E-state index is -5.12. The number of halogens is 3. The number of aliphatic carboxylic acids is 1. The van der Waals surface area contributed by atoms with Gasteiger partial charge < -0.3 is 20.5 Å². The van der Waals surface area contributed by atoms with Crippen molar-refractivity contribution in [3.05, 3.63) is 59.7 Å². The number of hydrogen-bond donors (Lipinski definition) is 3. The number of carboxylic acids is 1. The average molecular weight is 492 g/mol. The lowest BCUT2D eigenvalue weighted by atomic mass is 9.84. The molecule has 10 heteroatoms. The molecule has 0 fully saturated rings. The normalized spacial score (nSPS) is 14.9. The zero-order chi connectivity index (χ0) is 26.0. The summed E-state index contributed by atoms with van der Waals surface area (Å²) in [7, 11) is 0. The van der Waals surface area contributed by atoms with Gasteiger partial charge in [0.1, 0.15) is 6.61 Å². The highest BCUT2D eigenvalue weighted by Crippen LogP contribution is 2.44. The first-order valence-electron chi connectivity index (χ1n) is 11.0. The molecule has 0 spiro atoms. The van der Waals surface area contributed by atoms with Crippen LogP contribution in [0.2, 0.25) is 0 Å². The second-order valence-corrected chi connectivity index (χ2v) is 9.47. The van der Waals surface area contributed by atoms with E-state index in [9.17, 15) is 27.6 Å². The van der Waals surface area contributed by atoms with E-state index in [1.54, 1.807) is 26.1 Å². The predicted molar refractivity (Wildman–Crippen MR) is 122 cm³/mol. The minimum absolute atomic E-state index is 0.227. The minimum Gasteiger partial charge on any atom is -0.481 e. The molecule has 2 amide bonds. The summed E-state index contributed by atoms with van der Waals surface area (Å²) in [4.78, 5) is 35.9. The number of carbonyl (C=O) groups is 3. The molecule has 0 aromatic heterocycles. The summed E-state index contributed by atoms with van der Waals surface area (Å²) in [5.41, 5.74) is 2.84. The van der Waals surface area contributed by atoms with Crippen LogP contribution < -0.4 is 10.6 Å². The van der Waals surface area contributed by atoms with Crippen molar-refractivity contribution in [3.63, 3.8) is 0 Å². The van der Waals surface area contributed by atoms with Gasteiger partial charge in [0.2, 0.25) is 6.04 Å². The van der Waals surface area contributed by atoms with E-state index < -0.39 is 48.1 Å². The lowest BCUT2D eigenvalue weighted by Gasteiger charge is -2.32. The van der Waals surface area contributed by atoms with E-state index >= 15 is 0 Å². The molecule has 0 saturated heterocycles. The largest absolute Gasteiger partial charge is 0.481 e. The van der Waals surface area contributed by atoms with Crippen LogP contribution in [0.15, 0.2) is 48.5 Å². The Kier molecular flexibility index (Phi) is 7.42. The Hall–Kier alpha value is -3.56. The summed E-state index contributed by atoms with van der Waals surface area (Å²) in [5, 5.41) is 12.8. The molecule has 3 N–H and O–H groups in total. The van der Waals surface area contributed by atoms with Gasteiger partial charge in [-0.1, -0.05) is 69.3 Å². The topological polar surface area (TPSA) is 105 Å². The van der Waals surface area contributed by atoms with E-state index in [1.807, 2.05) is 48.5 Å². The summed E-state index contributed by atoms with van der Waals surface area (Å²) in [5.74, 6) is -3.21. The van der Waals surface area contributed by atoms with Crippen molar-refractivity contribution in [2.45, 2.75) is 51.4 Å². The molecule has 0 heterocycles. The molecular weight excluding hydrogens is 465 g/mol. The number of nitrogens with one attached hydrogen (secondary N) is 2. The van der Waals surface area contributed by atoms with Crippen LogP contribution in [0.3, 0.4) is 0 Å². The Labute approximate surface area is 200 Å². The number of fused-ring (bicyclic) bond motifs is 3. The number of hydrogen-bond acceptors (Lipinski definition) is 4. The highest BCUT2D eigenvalue weighted by molar-refractivity contribution is 5.87. The third kappa shape index (κ3) is 6.12. The lowest BCUT2D eigenvalue weighted by molar-refractivity contribution is -0.168. The molecule has 35 heavy (non-hydrogen) atoms. The molecule has 0 aliphatic heterocycles. The molecule has 0 saturated carbocycles. The second kappa shape index (κ2) is 9.97. The number of ether oxygens (including phenoxy) is 1. The highest BCUT2D eigenvalue weighted by Gasteiger charge is 2.47. The van der Waals surface area contributed by atoms with Crippen LogP contribution in [0.25, 0.3) is 11.1 Å². The summed E-state index contributed by atoms with van der Waals surface area (Å²) in [6, 6.07) is 10.9. The molecule has 2 aromatic rings. The van der Waals surface area contributed by atoms with Crippen LogP contribution >= 0.6 is 0 Å². The van der Waals surface area contributed by atoms with Crippen LogP contribution in [-0.2, 0) is 14.3 Å². The van der Waals surface area contributed by atoms with Crippen molar-refractivity contribution in [1.29, 1.82) is 0 Å². The van der Waals surface area contributed by atoms with Gasteiger partial charge in [-0.15, -0.1) is 0 Å². The van der Waals surface area contributed by atoms with Crippen LogP contribution in [0, 0.1) is 5.41 Å². The predicted octanol–water partition coefficient (Wildman–Crippen LogP) is 4.46. The van der Waals surface area contributed by atoms with E-state index in [4.69, 9.17) is 9.84 Å². The molecule has 188 valence electrons. The molecule has 7 nitrogen and oxygen atoms in total. The maximum absolute atomic E-state index is 13.6. The quantitative estimate of drug-likeness (QED) is 0.529. The molecule has 1 aliphatic carbocycles. The van der Waals surface area contributed by atoms with E-state index in [1.165, 1.54) is 0 Å². The standard InChI is InChI=1S/C25H27F3N2O5/c1-24(2,3)19(12-20(31)32)29-22(33)21(25(26,27)28)30-23(34)35-13-18-16-10-6-4-8-14(16)15-9-5-7-11-17(15)18/h4-11,18-19,21H,12-13H2,1-3H3,(H,29,33)(H,30,34)(H,31,32). The van der Waals surface area contributed by atoms with E-state index in [0.29, 0.717) is 0 Å². The highest BCUT2D eigenvalue weighted by atomic mass is 19.4. The Bertz CT molecular complexity index is 1070. The average Bonchev–Trinajstić information content (AvgIpc) is 3.07. The number of carboxylic acid groups (broad SMARTS) is 1. The maximum Gasteiger partial charge on any atom is 0.417 e. The number of carbonyl (C=O) groups excluding carboxylic acids is 2. The SMILES string of the molecule is CC(C)(C)C(CC(=O)O)NC(=O)C(NC(=O)OCC1c2ccccc2-c2ccccc21)C(F)(F)F. The fourth-order valence-corrected chi connectivity index (χ4v) is 4.06. The lowest BCUT2D eigenvalue weighted by Crippen LogP contribution is -2.58. The van der Waals surface area contributed by atoms with Gasteiger partial charge >= 0.3 is 18.2 Å². The molecule has 2 atom stereocenters. The van der Waals surface area contributed by atoms with Crippen molar-refractivity contribution < 1.29 is 37.4 Å². The molecule has 2 unspecified atom stereocenters. The van der Waals surface area contributed by atoms with Crippen molar-refractivity contribution in [2.24, 2.45) is 5.41 Å². The molecule has 1 aliphatic rings.